The number of nitrogens with zero attached hydrogens (tertiary/aromatic N) is 3. The summed E-state index contributed by atoms with van der Waals surface area (Å²) in [6.07, 6.45) is -4.82. The van der Waals surface area contributed by atoms with Crippen LogP contribution in [0.15, 0.2) is 47.0 Å². The third-order valence-corrected chi connectivity index (χ3v) is 8.51. The third kappa shape index (κ3) is 4.70. The van der Waals surface area contributed by atoms with Gasteiger partial charge in [0.1, 0.15) is 10.7 Å². The van der Waals surface area contributed by atoms with Crippen LogP contribution in [-0.4, -0.2) is 67.6 Å². The van der Waals surface area contributed by atoms with Crippen LogP contribution in [0.5, 0.6) is 0 Å². The molecule has 1 amide bonds. The molecule has 38 heavy (non-hydrogen) atoms. The second-order valence-electron chi connectivity index (χ2n) is 8.74. The minimum absolute atomic E-state index is 0.0182. The summed E-state index contributed by atoms with van der Waals surface area (Å²) in [7, 11) is 0. The van der Waals surface area contributed by atoms with E-state index in [9.17, 15) is 36.6 Å². The summed E-state index contributed by atoms with van der Waals surface area (Å²) >= 11 is -2.28. The molecule has 1 saturated heterocycles. The minimum Gasteiger partial charge on any atom is -0.755 e. The van der Waals surface area contributed by atoms with Crippen molar-refractivity contribution in [2.45, 2.75) is 24.1 Å². The Hall–Kier alpha value is -3.27. The average Bonchev–Trinajstić information content (AvgIpc) is 3.20. The second kappa shape index (κ2) is 9.80. The highest BCUT2D eigenvalue weighted by molar-refractivity contribution is 7.81. The number of carboxylic acid groups (broad SMARTS) is 1. The molecule has 0 bridgehead atoms. The van der Waals surface area contributed by atoms with E-state index in [2.05, 4.69) is 9.68 Å². The first-order chi connectivity index (χ1) is 18.0. The fourth-order valence-corrected chi connectivity index (χ4v) is 6.53. The monoisotopic (exact) mass is 570 g/mol. The fourth-order valence-electron chi connectivity index (χ4n) is 4.53. The first-order valence-electron chi connectivity index (χ1n) is 11.3. The summed E-state index contributed by atoms with van der Waals surface area (Å²) in [6.45, 7) is 1.67. The SMILES string of the molecule is O=C(c1cccc(C2CC2(C(=O)O)N(c2ccc(-c3cc(C(F)(F)F)on3)s2)S(=O)[O-])c1)N1CCOCC1. The van der Waals surface area contributed by atoms with Crippen LogP contribution in [0.3, 0.4) is 0 Å². The summed E-state index contributed by atoms with van der Waals surface area (Å²) in [6, 6.07) is 9.73. The number of alkyl halides is 3. The van der Waals surface area contributed by atoms with Crippen LogP contribution >= 0.6 is 11.3 Å². The number of aromatic nitrogens is 1. The zero-order valence-electron chi connectivity index (χ0n) is 19.3. The Morgan fingerprint density at radius 3 is 2.58 bits per heavy atom. The fraction of sp³-hybridized carbons (Fsp3) is 0.348. The molecule has 2 fully saturated rings. The van der Waals surface area contributed by atoms with Gasteiger partial charge in [0.05, 0.1) is 18.1 Å². The molecule has 15 heteroatoms. The maximum atomic E-state index is 12.9. The molecular formula is C23H19F3N3O7S2-. The van der Waals surface area contributed by atoms with Crippen molar-refractivity contribution < 1.29 is 45.9 Å². The van der Waals surface area contributed by atoms with Gasteiger partial charge < -0.3 is 23.8 Å². The molecule has 1 aromatic carbocycles. The number of morpholine rings is 1. The number of amides is 1. The van der Waals surface area contributed by atoms with Crippen LogP contribution < -0.4 is 4.31 Å². The number of benzene rings is 1. The van der Waals surface area contributed by atoms with Gasteiger partial charge in [0.25, 0.3) is 5.91 Å². The van der Waals surface area contributed by atoms with Crippen LogP contribution in [-0.2, 0) is 27.0 Å². The first kappa shape index (κ1) is 26.3. The van der Waals surface area contributed by atoms with Gasteiger partial charge in [0.15, 0.2) is 5.54 Å². The molecule has 2 aromatic heterocycles. The summed E-state index contributed by atoms with van der Waals surface area (Å²) in [5.74, 6) is -3.73. The van der Waals surface area contributed by atoms with Crippen LogP contribution in [0.2, 0.25) is 0 Å². The molecule has 0 radical (unpaired) electrons. The van der Waals surface area contributed by atoms with Crippen molar-refractivity contribution in [3.63, 3.8) is 0 Å². The van der Waals surface area contributed by atoms with Crippen LogP contribution in [0.4, 0.5) is 18.2 Å². The molecule has 10 nitrogen and oxygen atoms in total. The summed E-state index contributed by atoms with van der Waals surface area (Å²) in [5, 5.41) is 13.5. The number of carbonyl (C=O) groups is 2. The smallest absolute Gasteiger partial charge is 0.452 e. The van der Waals surface area contributed by atoms with Crippen molar-refractivity contribution in [2.75, 3.05) is 30.6 Å². The lowest BCUT2D eigenvalue weighted by Gasteiger charge is -2.32. The Bertz CT molecular complexity index is 1400. The average molecular weight is 571 g/mol. The highest BCUT2D eigenvalue weighted by atomic mass is 32.2. The van der Waals surface area contributed by atoms with Crippen LogP contribution in [0, 0.1) is 0 Å². The predicted octanol–water partition coefficient (Wildman–Crippen LogP) is 3.51. The number of aliphatic carboxylic acids is 1. The van der Waals surface area contributed by atoms with E-state index in [1.54, 1.807) is 29.2 Å². The lowest BCUT2D eigenvalue weighted by Crippen LogP contribution is -2.46. The zero-order valence-corrected chi connectivity index (χ0v) is 21.0. The van der Waals surface area contributed by atoms with Gasteiger partial charge in [-0.25, -0.2) is 4.79 Å². The van der Waals surface area contributed by atoms with Gasteiger partial charge in [-0.2, -0.15) is 13.2 Å². The highest BCUT2D eigenvalue weighted by Gasteiger charge is 2.66. The van der Waals surface area contributed by atoms with Crippen LogP contribution in [0.1, 0.15) is 34.0 Å². The molecule has 3 heterocycles. The Labute approximate surface area is 220 Å². The molecule has 1 N–H and O–H groups in total. The lowest BCUT2D eigenvalue weighted by atomic mass is 10.0. The number of hydrogen-bond donors (Lipinski definition) is 1. The molecule has 3 atom stereocenters. The van der Waals surface area contributed by atoms with Crippen molar-refractivity contribution in [2.24, 2.45) is 0 Å². The Morgan fingerprint density at radius 2 is 1.95 bits per heavy atom. The van der Waals surface area contributed by atoms with E-state index < -0.39 is 40.6 Å². The summed E-state index contributed by atoms with van der Waals surface area (Å²) in [4.78, 5) is 27.2. The third-order valence-electron chi connectivity index (χ3n) is 6.48. The number of carbonyl (C=O) groups excluding carboxylic acids is 1. The molecule has 0 spiro atoms. The van der Waals surface area contributed by atoms with E-state index in [-0.39, 0.29) is 27.9 Å². The minimum atomic E-state index is -4.75. The Morgan fingerprint density at radius 1 is 1.21 bits per heavy atom. The van der Waals surface area contributed by atoms with E-state index in [1.807, 2.05) is 0 Å². The number of rotatable bonds is 7. The lowest BCUT2D eigenvalue weighted by molar-refractivity contribution is -0.155. The molecule has 1 saturated carbocycles. The van der Waals surface area contributed by atoms with Crippen molar-refractivity contribution in [1.29, 1.82) is 0 Å². The maximum Gasteiger partial charge on any atom is 0.452 e. The normalized spacial score (nSPS) is 22.2. The summed E-state index contributed by atoms with van der Waals surface area (Å²) in [5.41, 5.74) is -1.23. The van der Waals surface area contributed by atoms with Crippen molar-refractivity contribution in [3.05, 3.63) is 59.4 Å². The van der Waals surface area contributed by atoms with Gasteiger partial charge in [-0.15, -0.1) is 11.3 Å². The van der Waals surface area contributed by atoms with E-state index in [0.29, 0.717) is 43.5 Å². The largest absolute Gasteiger partial charge is 0.755 e. The summed E-state index contributed by atoms with van der Waals surface area (Å²) < 4.78 is 73.7. The Balaban J connectivity index is 1.44. The van der Waals surface area contributed by atoms with Gasteiger partial charge in [-0.1, -0.05) is 17.3 Å². The van der Waals surface area contributed by atoms with Crippen molar-refractivity contribution in [1.82, 2.24) is 10.1 Å². The van der Waals surface area contributed by atoms with Crippen molar-refractivity contribution >= 4 is 39.5 Å². The maximum absolute atomic E-state index is 12.9. The molecule has 2 aliphatic rings. The second-order valence-corrected chi connectivity index (χ2v) is 10.6. The number of thiophene rings is 1. The zero-order chi connectivity index (χ0) is 27.2. The van der Waals surface area contributed by atoms with Gasteiger partial charge in [0.2, 0.25) is 5.76 Å². The Kier molecular flexibility index (Phi) is 6.79. The topological polar surface area (TPSA) is 136 Å². The van der Waals surface area contributed by atoms with E-state index >= 15 is 0 Å². The number of hydrogen-bond acceptors (Lipinski definition) is 8. The highest BCUT2D eigenvalue weighted by Crippen LogP contribution is 2.58. The molecule has 1 aliphatic carbocycles. The van der Waals surface area contributed by atoms with Gasteiger partial charge in [-0.05, 0) is 36.2 Å². The molecule has 5 rings (SSSR count). The van der Waals surface area contributed by atoms with E-state index in [1.165, 1.54) is 12.1 Å². The number of halogens is 3. The van der Waals surface area contributed by atoms with E-state index in [0.717, 1.165) is 15.6 Å². The standard InChI is InChI=1S/C23H20F3N3O7S2/c24-23(25,26)18-11-16(27-36-18)17-4-5-19(37-17)29(38(33)34)22(21(31)32)12-15(22)13-2-1-3-14(10-13)20(30)28-6-8-35-9-7-28/h1-5,10-11,15H,6-9,12H2,(H,31,32)(H,33,34)/p-1. The first-order valence-corrected chi connectivity index (χ1v) is 13.1. The number of carboxylic acids is 1. The van der Waals surface area contributed by atoms with Crippen molar-refractivity contribution in [3.8, 4) is 10.6 Å². The molecule has 3 unspecified atom stereocenters. The molecule has 3 aromatic rings. The van der Waals surface area contributed by atoms with Gasteiger partial charge in [-0.3, -0.25) is 13.3 Å². The predicted molar refractivity (Wildman–Crippen MR) is 127 cm³/mol. The number of anilines is 1. The van der Waals surface area contributed by atoms with Gasteiger partial charge >= 0.3 is 12.1 Å². The van der Waals surface area contributed by atoms with Gasteiger partial charge in [0, 0.05) is 41.9 Å². The van der Waals surface area contributed by atoms with Crippen LogP contribution in [0.25, 0.3) is 10.6 Å². The van der Waals surface area contributed by atoms with E-state index in [4.69, 9.17) is 4.74 Å². The molecular weight excluding hydrogens is 551 g/mol. The molecule has 202 valence electrons. The molecule has 1 aliphatic heterocycles. The number of ether oxygens (including phenoxy) is 1. The quantitative estimate of drug-likeness (QED) is 0.427.